The van der Waals surface area contributed by atoms with Crippen molar-refractivity contribution in [2.75, 3.05) is 18.4 Å². The lowest BCUT2D eigenvalue weighted by molar-refractivity contribution is -0.137. The number of rotatable bonds is 5. The quantitative estimate of drug-likeness (QED) is 0.572. The molecule has 0 unspecified atom stereocenters. The Morgan fingerprint density at radius 3 is 2.15 bits per heavy atom. The van der Waals surface area contributed by atoms with Crippen LogP contribution >= 0.6 is 11.6 Å². The fourth-order valence-corrected chi connectivity index (χ4v) is 4.32. The molecular weight excluding hydrogens is 455 g/mol. The summed E-state index contributed by atoms with van der Waals surface area (Å²) in [6.07, 6.45) is -3.52. The van der Waals surface area contributed by atoms with E-state index in [1.165, 1.54) is 4.90 Å². The summed E-state index contributed by atoms with van der Waals surface area (Å²) in [6, 6.07) is 19.4. The number of alkyl halides is 3. The minimum absolute atomic E-state index is 0.196. The average molecular weight is 474 g/mol. The number of nitrogens with zero attached hydrogens (tertiary/aromatic N) is 2. The molecule has 1 aliphatic rings. The summed E-state index contributed by atoms with van der Waals surface area (Å²) in [4.78, 5) is 31.3. The fraction of sp³-hybridized carbons (Fsp3) is 0.208. The van der Waals surface area contributed by atoms with Gasteiger partial charge in [-0.15, -0.1) is 0 Å². The van der Waals surface area contributed by atoms with Gasteiger partial charge in [0.1, 0.15) is 5.41 Å². The zero-order chi connectivity index (χ0) is 23.6. The number of benzene rings is 2. The number of carbonyl (C=O) groups excluding carboxylic acids is 2. The van der Waals surface area contributed by atoms with Crippen LogP contribution in [-0.2, 0) is 21.2 Å². The minimum atomic E-state index is -4.60. The van der Waals surface area contributed by atoms with Gasteiger partial charge in [0.05, 0.1) is 17.1 Å². The number of likely N-dealkylation sites (tertiary alicyclic amines) is 1. The van der Waals surface area contributed by atoms with Gasteiger partial charge in [0.25, 0.3) is 0 Å². The molecule has 1 aliphatic heterocycles. The summed E-state index contributed by atoms with van der Waals surface area (Å²) in [5.74, 6) is -1.02. The standard InChI is InChI=1S/C24H19ClF3N3O2/c25-19-13-18(24(26,27)28)14-29-21(19)30-20(32)15-31-12-11-23(22(31)33,16-7-3-1-4-8-16)17-9-5-2-6-10-17/h1-10,13-14H,11-12,15H2,(H,29,30,32). The van der Waals surface area contributed by atoms with Gasteiger partial charge in [-0.3, -0.25) is 9.59 Å². The predicted molar refractivity (Wildman–Crippen MR) is 118 cm³/mol. The van der Waals surface area contributed by atoms with Crippen molar-refractivity contribution in [3.8, 4) is 0 Å². The molecular formula is C24H19ClF3N3O2. The summed E-state index contributed by atoms with van der Waals surface area (Å²) in [7, 11) is 0. The molecule has 2 amide bonds. The highest BCUT2D eigenvalue weighted by atomic mass is 35.5. The molecule has 4 rings (SSSR count). The van der Waals surface area contributed by atoms with Gasteiger partial charge in [-0.05, 0) is 23.6 Å². The first-order chi connectivity index (χ1) is 15.7. The molecule has 9 heteroatoms. The van der Waals surface area contributed by atoms with Crippen LogP contribution in [0.15, 0.2) is 72.9 Å². The van der Waals surface area contributed by atoms with Crippen LogP contribution in [-0.4, -0.2) is 34.8 Å². The first-order valence-corrected chi connectivity index (χ1v) is 10.5. The third-order valence-electron chi connectivity index (χ3n) is 5.70. The van der Waals surface area contributed by atoms with E-state index in [9.17, 15) is 22.8 Å². The molecule has 0 spiro atoms. The third kappa shape index (κ3) is 4.43. The number of carbonyl (C=O) groups is 2. The van der Waals surface area contributed by atoms with Crippen LogP contribution in [0.3, 0.4) is 0 Å². The smallest absolute Gasteiger partial charge is 0.332 e. The van der Waals surface area contributed by atoms with E-state index < -0.39 is 23.1 Å². The van der Waals surface area contributed by atoms with E-state index >= 15 is 0 Å². The van der Waals surface area contributed by atoms with E-state index in [4.69, 9.17) is 11.6 Å². The van der Waals surface area contributed by atoms with E-state index in [0.717, 1.165) is 11.1 Å². The van der Waals surface area contributed by atoms with Gasteiger partial charge in [0.2, 0.25) is 11.8 Å². The van der Waals surface area contributed by atoms with E-state index in [0.29, 0.717) is 25.2 Å². The van der Waals surface area contributed by atoms with Gasteiger partial charge in [-0.1, -0.05) is 72.3 Å². The first-order valence-electron chi connectivity index (χ1n) is 10.1. The van der Waals surface area contributed by atoms with Crippen LogP contribution in [0.2, 0.25) is 5.02 Å². The van der Waals surface area contributed by atoms with Crippen molar-refractivity contribution in [3.05, 3.63) is 94.6 Å². The topological polar surface area (TPSA) is 62.3 Å². The minimum Gasteiger partial charge on any atom is -0.332 e. The van der Waals surface area contributed by atoms with Crippen molar-refractivity contribution >= 4 is 29.2 Å². The van der Waals surface area contributed by atoms with Crippen LogP contribution in [0.4, 0.5) is 19.0 Å². The van der Waals surface area contributed by atoms with Crippen molar-refractivity contribution < 1.29 is 22.8 Å². The number of nitrogens with one attached hydrogen (secondary N) is 1. The Morgan fingerprint density at radius 1 is 1.06 bits per heavy atom. The Balaban J connectivity index is 1.54. The average Bonchev–Trinajstić information content (AvgIpc) is 3.12. The van der Waals surface area contributed by atoms with Gasteiger partial charge in [0.15, 0.2) is 5.82 Å². The Hall–Kier alpha value is -3.39. The number of hydrogen-bond acceptors (Lipinski definition) is 3. The second-order valence-corrected chi connectivity index (χ2v) is 8.12. The molecule has 2 aromatic carbocycles. The Bertz CT molecular complexity index is 1130. The lowest BCUT2D eigenvalue weighted by atomic mass is 9.73. The lowest BCUT2D eigenvalue weighted by Gasteiger charge is -2.29. The first kappa shape index (κ1) is 22.8. The van der Waals surface area contributed by atoms with E-state index in [1.54, 1.807) is 0 Å². The second-order valence-electron chi connectivity index (χ2n) is 7.71. The zero-order valence-electron chi connectivity index (χ0n) is 17.3. The largest absolute Gasteiger partial charge is 0.417 e. The van der Waals surface area contributed by atoms with Crippen LogP contribution in [0.25, 0.3) is 0 Å². The van der Waals surface area contributed by atoms with Gasteiger partial charge >= 0.3 is 6.18 Å². The number of halogens is 4. The number of hydrogen-bond donors (Lipinski definition) is 1. The fourth-order valence-electron chi connectivity index (χ4n) is 4.11. The van der Waals surface area contributed by atoms with E-state index in [1.807, 2.05) is 60.7 Å². The number of aromatic nitrogens is 1. The SMILES string of the molecule is O=C(CN1CCC(c2ccccc2)(c2ccccc2)C1=O)Nc1ncc(C(F)(F)F)cc1Cl. The van der Waals surface area contributed by atoms with Gasteiger partial charge in [-0.2, -0.15) is 13.2 Å². The molecule has 0 radical (unpaired) electrons. The van der Waals surface area contributed by atoms with Gasteiger partial charge in [-0.25, -0.2) is 4.98 Å². The Labute approximate surface area is 193 Å². The van der Waals surface area contributed by atoms with Crippen molar-refractivity contribution in [3.63, 3.8) is 0 Å². The molecule has 3 aromatic rings. The maximum Gasteiger partial charge on any atom is 0.417 e. The molecule has 170 valence electrons. The third-order valence-corrected chi connectivity index (χ3v) is 5.99. The molecule has 1 fully saturated rings. The lowest BCUT2D eigenvalue weighted by Crippen LogP contribution is -2.42. The zero-order valence-corrected chi connectivity index (χ0v) is 18.0. The summed E-state index contributed by atoms with van der Waals surface area (Å²) in [6.45, 7) is 0.0590. The Morgan fingerprint density at radius 2 is 1.64 bits per heavy atom. The van der Waals surface area contributed by atoms with E-state index in [-0.39, 0.29) is 23.3 Å². The van der Waals surface area contributed by atoms with Crippen LogP contribution in [0, 0.1) is 0 Å². The summed E-state index contributed by atoms with van der Waals surface area (Å²) >= 11 is 5.87. The van der Waals surface area contributed by atoms with Gasteiger partial charge in [0, 0.05) is 12.7 Å². The maximum absolute atomic E-state index is 13.6. The van der Waals surface area contributed by atoms with Crippen LogP contribution in [0.1, 0.15) is 23.1 Å². The van der Waals surface area contributed by atoms with Crippen molar-refractivity contribution in [2.24, 2.45) is 0 Å². The Kier molecular flexibility index (Phi) is 6.12. The molecule has 0 saturated carbocycles. The number of anilines is 1. The predicted octanol–water partition coefficient (Wildman–Crippen LogP) is 4.91. The highest BCUT2D eigenvalue weighted by Gasteiger charge is 2.49. The van der Waals surface area contributed by atoms with Crippen molar-refractivity contribution in [2.45, 2.75) is 18.0 Å². The molecule has 0 aliphatic carbocycles. The molecule has 2 heterocycles. The van der Waals surface area contributed by atoms with Crippen molar-refractivity contribution in [1.29, 1.82) is 0 Å². The second kappa shape index (κ2) is 8.86. The summed E-state index contributed by atoms with van der Waals surface area (Å²) in [5, 5.41) is 2.06. The monoisotopic (exact) mass is 473 g/mol. The summed E-state index contributed by atoms with van der Waals surface area (Å²) < 4.78 is 38.4. The molecule has 1 aromatic heterocycles. The molecule has 33 heavy (non-hydrogen) atoms. The number of pyridine rings is 1. The van der Waals surface area contributed by atoms with Gasteiger partial charge < -0.3 is 10.2 Å². The molecule has 5 nitrogen and oxygen atoms in total. The van der Waals surface area contributed by atoms with Crippen molar-refractivity contribution in [1.82, 2.24) is 9.88 Å². The molecule has 1 N–H and O–H groups in total. The van der Waals surface area contributed by atoms with Crippen LogP contribution < -0.4 is 5.32 Å². The maximum atomic E-state index is 13.6. The van der Waals surface area contributed by atoms with Crippen LogP contribution in [0.5, 0.6) is 0 Å². The normalized spacial score (nSPS) is 15.5. The van der Waals surface area contributed by atoms with E-state index in [2.05, 4.69) is 10.3 Å². The highest BCUT2D eigenvalue weighted by Crippen LogP contribution is 2.42. The molecule has 0 bridgehead atoms. The molecule has 1 saturated heterocycles. The highest BCUT2D eigenvalue weighted by molar-refractivity contribution is 6.33. The molecule has 0 atom stereocenters. The summed E-state index contributed by atoms with van der Waals surface area (Å²) in [5.41, 5.74) is -0.281. The number of amides is 2.